The highest BCUT2D eigenvalue weighted by molar-refractivity contribution is 5.46. The summed E-state index contributed by atoms with van der Waals surface area (Å²) in [5.41, 5.74) is 1.21. The maximum Gasteiger partial charge on any atom is 0.231 e. The lowest BCUT2D eigenvalue weighted by atomic mass is 9.79. The third-order valence-corrected chi connectivity index (χ3v) is 5.61. The second-order valence-corrected chi connectivity index (χ2v) is 7.36. The predicted molar refractivity (Wildman–Crippen MR) is 114 cm³/mol. The maximum absolute atomic E-state index is 11.1. The first-order valence-corrected chi connectivity index (χ1v) is 10.2. The van der Waals surface area contributed by atoms with Crippen LogP contribution in [0.3, 0.4) is 0 Å². The number of benzene rings is 2. The number of aliphatic hydroxyl groups excluding tert-OH is 3. The molecule has 9 nitrogen and oxygen atoms in total. The molecule has 3 N–H and O–H groups in total. The van der Waals surface area contributed by atoms with Crippen LogP contribution < -0.4 is 18.9 Å². The highest BCUT2D eigenvalue weighted by atomic mass is 16.7. The summed E-state index contributed by atoms with van der Waals surface area (Å²) < 4.78 is 32.4. The zero-order valence-electron chi connectivity index (χ0n) is 18.4. The normalized spacial score (nSPS) is 16.3. The van der Waals surface area contributed by atoms with Gasteiger partial charge in [0, 0.05) is 32.2 Å². The van der Waals surface area contributed by atoms with Crippen molar-refractivity contribution >= 4 is 0 Å². The average molecular weight is 450 g/mol. The molecule has 0 bridgehead atoms. The SMILES string of the molecule is COCO[C@@H](c1ccc2c(c1)OCO2)[C@H](CO)[C@H](CO)[C@H](O)c1ccc(OC)c(OC)c1. The van der Waals surface area contributed by atoms with Gasteiger partial charge in [0.2, 0.25) is 6.79 Å². The van der Waals surface area contributed by atoms with E-state index < -0.39 is 30.7 Å². The molecule has 1 aliphatic rings. The van der Waals surface area contributed by atoms with E-state index in [1.165, 1.54) is 21.3 Å². The molecule has 0 amide bonds. The molecule has 176 valence electrons. The highest BCUT2D eigenvalue weighted by Crippen LogP contribution is 2.42. The van der Waals surface area contributed by atoms with Gasteiger partial charge in [-0.1, -0.05) is 12.1 Å². The number of ether oxygens (including phenoxy) is 6. The lowest BCUT2D eigenvalue weighted by molar-refractivity contribution is -0.126. The first-order chi connectivity index (χ1) is 15.6. The van der Waals surface area contributed by atoms with Crippen LogP contribution in [0.15, 0.2) is 36.4 Å². The zero-order chi connectivity index (χ0) is 23.1. The number of fused-ring (bicyclic) bond motifs is 1. The van der Waals surface area contributed by atoms with Gasteiger partial charge >= 0.3 is 0 Å². The van der Waals surface area contributed by atoms with Crippen molar-refractivity contribution in [3.63, 3.8) is 0 Å². The van der Waals surface area contributed by atoms with Crippen molar-refractivity contribution in [1.29, 1.82) is 0 Å². The number of methoxy groups -OCH3 is 3. The van der Waals surface area contributed by atoms with Crippen molar-refractivity contribution in [2.24, 2.45) is 11.8 Å². The molecule has 1 heterocycles. The van der Waals surface area contributed by atoms with Crippen molar-refractivity contribution in [3.05, 3.63) is 47.5 Å². The van der Waals surface area contributed by atoms with Gasteiger partial charge in [0.1, 0.15) is 6.79 Å². The van der Waals surface area contributed by atoms with E-state index in [4.69, 9.17) is 28.4 Å². The van der Waals surface area contributed by atoms with Crippen LogP contribution in [0.25, 0.3) is 0 Å². The van der Waals surface area contributed by atoms with Crippen LogP contribution in [-0.2, 0) is 9.47 Å². The Hall–Kier alpha value is -2.56. The molecule has 0 fully saturated rings. The third-order valence-electron chi connectivity index (χ3n) is 5.61. The Labute approximate surface area is 187 Å². The van der Waals surface area contributed by atoms with Crippen molar-refractivity contribution in [1.82, 2.24) is 0 Å². The topological polar surface area (TPSA) is 116 Å². The average Bonchev–Trinajstić information content (AvgIpc) is 3.30. The minimum atomic E-state index is -1.11. The van der Waals surface area contributed by atoms with E-state index in [0.717, 1.165) is 0 Å². The van der Waals surface area contributed by atoms with E-state index in [2.05, 4.69) is 0 Å². The molecule has 2 aromatic carbocycles. The Morgan fingerprint density at radius 1 is 0.844 bits per heavy atom. The Morgan fingerprint density at radius 3 is 2.19 bits per heavy atom. The van der Waals surface area contributed by atoms with E-state index in [9.17, 15) is 15.3 Å². The Morgan fingerprint density at radius 2 is 1.53 bits per heavy atom. The molecule has 0 spiro atoms. The number of aliphatic hydroxyl groups is 3. The molecule has 0 aromatic heterocycles. The summed E-state index contributed by atoms with van der Waals surface area (Å²) in [7, 11) is 4.52. The first-order valence-electron chi connectivity index (χ1n) is 10.2. The van der Waals surface area contributed by atoms with Crippen molar-refractivity contribution in [2.45, 2.75) is 12.2 Å². The fourth-order valence-electron chi connectivity index (χ4n) is 3.91. The fraction of sp³-hybridized carbons (Fsp3) is 0.478. The van der Waals surface area contributed by atoms with E-state index in [1.807, 2.05) is 0 Å². The standard InChI is InChI=1S/C23H30O9/c1-27-12-32-23(15-5-7-19-21(9-15)31-13-30-19)17(11-25)16(10-24)22(26)14-4-6-18(28-2)20(8-14)29-3/h4-9,16-17,22-26H,10-13H2,1-3H3/t16-,17+,22+,23-/m0/s1. The molecular weight excluding hydrogens is 420 g/mol. The summed E-state index contributed by atoms with van der Waals surface area (Å²) in [5.74, 6) is 0.715. The van der Waals surface area contributed by atoms with Crippen LogP contribution in [0, 0.1) is 11.8 Å². The molecule has 0 saturated carbocycles. The van der Waals surface area contributed by atoms with Gasteiger partial charge in [-0.3, -0.25) is 0 Å². The van der Waals surface area contributed by atoms with Gasteiger partial charge in [-0.15, -0.1) is 0 Å². The van der Waals surface area contributed by atoms with Crippen LogP contribution in [-0.4, -0.2) is 63.4 Å². The summed E-state index contributed by atoms with van der Waals surface area (Å²) >= 11 is 0. The number of hydrogen-bond donors (Lipinski definition) is 3. The third kappa shape index (κ3) is 5.08. The van der Waals surface area contributed by atoms with Crippen molar-refractivity contribution < 1.29 is 43.7 Å². The Bertz CT molecular complexity index is 873. The molecule has 0 saturated heterocycles. The fourth-order valence-corrected chi connectivity index (χ4v) is 3.91. The molecule has 0 radical (unpaired) electrons. The van der Waals surface area contributed by atoms with Crippen LogP contribution in [0.1, 0.15) is 23.3 Å². The second kappa shape index (κ2) is 11.3. The zero-order valence-corrected chi connectivity index (χ0v) is 18.4. The second-order valence-electron chi connectivity index (χ2n) is 7.36. The van der Waals surface area contributed by atoms with E-state index >= 15 is 0 Å². The molecule has 9 heteroatoms. The van der Waals surface area contributed by atoms with Gasteiger partial charge in [-0.25, -0.2) is 0 Å². The summed E-state index contributed by atoms with van der Waals surface area (Å²) in [6.45, 7) is -0.653. The van der Waals surface area contributed by atoms with E-state index in [0.29, 0.717) is 34.1 Å². The van der Waals surface area contributed by atoms with Crippen LogP contribution in [0.2, 0.25) is 0 Å². The van der Waals surface area contributed by atoms with Crippen LogP contribution in [0.5, 0.6) is 23.0 Å². The molecule has 3 rings (SSSR count). The molecule has 2 aromatic rings. The van der Waals surface area contributed by atoms with Crippen LogP contribution >= 0.6 is 0 Å². The molecule has 4 atom stereocenters. The van der Waals surface area contributed by atoms with Gasteiger partial charge in [-0.05, 0) is 35.4 Å². The lowest BCUT2D eigenvalue weighted by Gasteiger charge is -2.34. The number of hydrogen-bond acceptors (Lipinski definition) is 9. The van der Waals surface area contributed by atoms with E-state index in [1.54, 1.807) is 36.4 Å². The molecule has 32 heavy (non-hydrogen) atoms. The molecule has 0 unspecified atom stereocenters. The van der Waals surface area contributed by atoms with Gasteiger partial charge in [0.25, 0.3) is 0 Å². The largest absolute Gasteiger partial charge is 0.493 e. The molecular formula is C23H30O9. The Balaban J connectivity index is 1.93. The lowest BCUT2D eigenvalue weighted by Crippen LogP contribution is -2.34. The monoisotopic (exact) mass is 450 g/mol. The van der Waals surface area contributed by atoms with E-state index in [-0.39, 0.29) is 20.2 Å². The quantitative estimate of drug-likeness (QED) is 0.418. The molecule has 0 aliphatic carbocycles. The molecule has 1 aliphatic heterocycles. The summed E-state index contributed by atoms with van der Waals surface area (Å²) in [6, 6.07) is 10.3. The van der Waals surface area contributed by atoms with Crippen molar-refractivity contribution in [3.8, 4) is 23.0 Å². The minimum absolute atomic E-state index is 0.0415. The Kier molecular flexibility index (Phi) is 8.54. The van der Waals surface area contributed by atoms with Gasteiger partial charge < -0.3 is 43.7 Å². The smallest absolute Gasteiger partial charge is 0.231 e. The minimum Gasteiger partial charge on any atom is -0.493 e. The predicted octanol–water partition coefficient (Wildman–Crippen LogP) is 2.04. The van der Waals surface area contributed by atoms with Gasteiger partial charge in [0.05, 0.1) is 26.4 Å². The summed E-state index contributed by atoms with van der Waals surface area (Å²) in [5, 5.41) is 31.6. The first kappa shape index (κ1) is 24.1. The van der Waals surface area contributed by atoms with Crippen LogP contribution in [0.4, 0.5) is 0 Å². The van der Waals surface area contributed by atoms with Gasteiger partial charge in [0.15, 0.2) is 23.0 Å². The maximum atomic E-state index is 11.1. The summed E-state index contributed by atoms with van der Waals surface area (Å²) in [4.78, 5) is 0. The number of rotatable bonds is 12. The van der Waals surface area contributed by atoms with Crippen molar-refractivity contribution in [2.75, 3.05) is 48.1 Å². The highest BCUT2D eigenvalue weighted by Gasteiger charge is 2.36. The summed E-state index contributed by atoms with van der Waals surface area (Å²) in [6.07, 6.45) is -1.80. The van der Waals surface area contributed by atoms with Gasteiger partial charge in [-0.2, -0.15) is 0 Å².